The highest BCUT2D eigenvalue weighted by Gasteiger charge is 2.16. The van der Waals surface area contributed by atoms with Crippen molar-refractivity contribution >= 4 is 11.6 Å². The summed E-state index contributed by atoms with van der Waals surface area (Å²) < 4.78 is 41.7. The largest absolute Gasteiger partial charge is 0.369 e. The number of primary amides is 1. The zero-order valence-electron chi connectivity index (χ0n) is 14.9. The van der Waals surface area contributed by atoms with Crippen LogP contribution in [0, 0.1) is 5.82 Å². The van der Waals surface area contributed by atoms with Gasteiger partial charge in [-0.1, -0.05) is 6.07 Å². The smallest absolute Gasteiger partial charge is 0.280 e. The number of carbonyl (C=O) groups is 1. The molecule has 0 saturated carbocycles. The second kappa shape index (κ2) is 7.34. The molecule has 0 saturated heterocycles. The van der Waals surface area contributed by atoms with E-state index < -0.39 is 23.8 Å². The molecule has 0 spiro atoms. The molecule has 0 bridgehead atoms. The molecular formula is C20H14F3N5O. The third kappa shape index (κ3) is 3.66. The zero-order valence-corrected chi connectivity index (χ0v) is 14.9. The van der Waals surface area contributed by atoms with Crippen molar-refractivity contribution in [2.24, 2.45) is 5.73 Å². The fourth-order valence-corrected chi connectivity index (χ4v) is 3.07. The first kappa shape index (κ1) is 18.6. The van der Waals surface area contributed by atoms with Gasteiger partial charge < -0.3 is 10.1 Å². The van der Waals surface area contributed by atoms with Gasteiger partial charge in [0.15, 0.2) is 0 Å². The number of hydrogen-bond donors (Lipinski definition) is 1. The summed E-state index contributed by atoms with van der Waals surface area (Å²) in [6, 6.07) is 8.84. The highest BCUT2D eigenvalue weighted by atomic mass is 19.3. The summed E-state index contributed by atoms with van der Waals surface area (Å²) in [5.74, 6) is -1.10. The van der Waals surface area contributed by atoms with Gasteiger partial charge in [-0.05, 0) is 30.3 Å². The van der Waals surface area contributed by atoms with Gasteiger partial charge in [-0.2, -0.15) is 0 Å². The van der Waals surface area contributed by atoms with E-state index in [1.807, 2.05) is 0 Å². The molecule has 4 rings (SSSR count). The number of rotatable bonds is 5. The van der Waals surface area contributed by atoms with Gasteiger partial charge in [0.1, 0.15) is 17.2 Å². The number of aromatic nitrogens is 4. The summed E-state index contributed by atoms with van der Waals surface area (Å²) in [5, 5.41) is 0. The van der Waals surface area contributed by atoms with Gasteiger partial charge in [-0.25, -0.2) is 23.1 Å². The summed E-state index contributed by atoms with van der Waals surface area (Å²) in [7, 11) is 0. The van der Waals surface area contributed by atoms with E-state index in [2.05, 4.69) is 15.0 Å². The van der Waals surface area contributed by atoms with Crippen LogP contribution < -0.4 is 5.73 Å². The second-order valence-corrected chi connectivity index (χ2v) is 6.34. The SMILES string of the molecule is NC(=O)Cc1cnc2ccc(-c3cc(F)cnc3-c3cccc(C(F)F)n3)cn12. The lowest BCUT2D eigenvalue weighted by Crippen LogP contribution is -2.14. The Morgan fingerprint density at radius 2 is 1.97 bits per heavy atom. The van der Waals surface area contributed by atoms with Crippen molar-refractivity contribution in [3.8, 4) is 22.5 Å². The molecule has 9 heteroatoms. The Hall–Kier alpha value is -3.75. The minimum atomic E-state index is -2.74. The van der Waals surface area contributed by atoms with E-state index in [0.717, 1.165) is 6.20 Å². The molecule has 6 nitrogen and oxygen atoms in total. The highest BCUT2D eigenvalue weighted by Crippen LogP contribution is 2.31. The summed E-state index contributed by atoms with van der Waals surface area (Å²) in [4.78, 5) is 23.5. The maximum Gasteiger partial charge on any atom is 0.280 e. The lowest BCUT2D eigenvalue weighted by atomic mass is 10.0. The maximum absolute atomic E-state index is 14.0. The third-order valence-electron chi connectivity index (χ3n) is 4.34. The fourth-order valence-electron chi connectivity index (χ4n) is 3.07. The molecule has 0 aliphatic heterocycles. The van der Waals surface area contributed by atoms with E-state index in [0.29, 0.717) is 22.5 Å². The highest BCUT2D eigenvalue weighted by molar-refractivity contribution is 5.80. The number of halogens is 3. The van der Waals surface area contributed by atoms with Crippen LogP contribution in [-0.2, 0) is 11.2 Å². The van der Waals surface area contributed by atoms with Gasteiger partial charge in [-0.15, -0.1) is 0 Å². The van der Waals surface area contributed by atoms with Gasteiger partial charge in [0.2, 0.25) is 5.91 Å². The molecule has 0 radical (unpaired) electrons. The number of alkyl halides is 2. The number of nitrogens with zero attached hydrogens (tertiary/aromatic N) is 4. The molecule has 0 aliphatic rings. The van der Waals surface area contributed by atoms with Gasteiger partial charge in [0.25, 0.3) is 6.43 Å². The van der Waals surface area contributed by atoms with E-state index in [-0.39, 0.29) is 17.8 Å². The van der Waals surface area contributed by atoms with Crippen molar-refractivity contribution in [3.05, 3.63) is 72.2 Å². The normalized spacial score (nSPS) is 11.3. The second-order valence-electron chi connectivity index (χ2n) is 6.34. The van der Waals surface area contributed by atoms with Crippen LogP contribution in [0.5, 0.6) is 0 Å². The van der Waals surface area contributed by atoms with Crippen LogP contribution in [0.15, 0.2) is 55.0 Å². The molecule has 0 unspecified atom stereocenters. The Morgan fingerprint density at radius 1 is 1.14 bits per heavy atom. The average Bonchev–Trinajstić information content (AvgIpc) is 3.09. The Morgan fingerprint density at radius 3 is 2.72 bits per heavy atom. The van der Waals surface area contributed by atoms with Crippen molar-refractivity contribution in [3.63, 3.8) is 0 Å². The lowest BCUT2D eigenvalue weighted by molar-refractivity contribution is -0.117. The van der Waals surface area contributed by atoms with E-state index in [4.69, 9.17) is 5.73 Å². The summed E-state index contributed by atoms with van der Waals surface area (Å²) in [6.45, 7) is 0. The number of fused-ring (bicyclic) bond motifs is 1. The number of pyridine rings is 3. The van der Waals surface area contributed by atoms with Gasteiger partial charge in [0.05, 0.1) is 29.7 Å². The maximum atomic E-state index is 14.0. The number of amides is 1. The van der Waals surface area contributed by atoms with Crippen LogP contribution in [0.25, 0.3) is 28.2 Å². The molecule has 0 aliphatic carbocycles. The molecule has 2 N–H and O–H groups in total. The molecule has 146 valence electrons. The predicted octanol–water partition coefficient (Wildman–Crippen LogP) is 3.56. The minimum Gasteiger partial charge on any atom is -0.369 e. The quantitative estimate of drug-likeness (QED) is 0.558. The first-order valence-electron chi connectivity index (χ1n) is 8.58. The van der Waals surface area contributed by atoms with Crippen molar-refractivity contribution in [2.45, 2.75) is 12.8 Å². The first-order chi connectivity index (χ1) is 13.9. The monoisotopic (exact) mass is 397 g/mol. The van der Waals surface area contributed by atoms with Crippen molar-refractivity contribution in [2.75, 3.05) is 0 Å². The standard InChI is InChI=1S/C20H14F3N5O/c21-12-6-14(19(26-8-12)15-2-1-3-16(27-15)20(22)23)11-4-5-18-25-9-13(7-17(24)29)28(18)10-11/h1-6,8-10,20H,7H2,(H2,24,29). The van der Waals surface area contributed by atoms with Crippen LogP contribution in [-0.4, -0.2) is 25.3 Å². The summed E-state index contributed by atoms with van der Waals surface area (Å²) in [6.07, 6.45) is 1.44. The molecule has 4 aromatic rings. The fraction of sp³-hybridized carbons (Fsp3) is 0.100. The van der Waals surface area contributed by atoms with Crippen molar-refractivity contribution < 1.29 is 18.0 Å². The number of imidazole rings is 1. The number of hydrogen-bond acceptors (Lipinski definition) is 4. The Labute approximate surface area is 162 Å². The molecule has 0 fully saturated rings. The Balaban J connectivity index is 1.88. The van der Waals surface area contributed by atoms with Gasteiger partial charge in [0, 0.05) is 23.5 Å². The predicted molar refractivity (Wildman–Crippen MR) is 99.5 cm³/mol. The molecular weight excluding hydrogens is 383 g/mol. The molecule has 0 aromatic carbocycles. The molecule has 1 amide bonds. The Kier molecular flexibility index (Phi) is 4.71. The third-order valence-corrected chi connectivity index (χ3v) is 4.34. The summed E-state index contributed by atoms with van der Waals surface area (Å²) in [5.41, 5.74) is 7.39. The van der Waals surface area contributed by atoms with E-state index >= 15 is 0 Å². The average molecular weight is 397 g/mol. The molecule has 4 heterocycles. The zero-order chi connectivity index (χ0) is 20.5. The number of carbonyl (C=O) groups excluding carboxylic acids is 1. The topological polar surface area (TPSA) is 86.2 Å². The minimum absolute atomic E-state index is 0.0170. The molecule has 4 aromatic heterocycles. The van der Waals surface area contributed by atoms with Crippen LogP contribution in [0.2, 0.25) is 0 Å². The van der Waals surface area contributed by atoms with Crippen molar-refractivity contribution in [1.29, 1.82) is 0 Å². The van der Waals surface area contributed by atoms with Crippen LogP contribution >= 0.6 is 0 Å². The van der Waals surface area contributed by atoms with E-state index in [9.17, 15) is 18.0 Å². The summed E-state index contributed by atoms with van der Waals surface area (Å²) >= 11 is 0. The van der Waals surface area contributed by atoms with Crippen molar-refractivity contribution in [1.82, 2.24) is 19.4 Å². The van der Waals surface area contributed by atoms with E-state index in [1.165, 1.54) is 30.5 Å². The lowest BCUT2D eigenvalue weighted by Gasteiger charge is -2.11. The first-order valence-corrected chi connectivity index (χ1v) is 8.58. The number of nitrogens with two attached hydrogens (primary N) is 1. The molecule has 0 atom stereocenters. The van der Waals surface area contributed by atoms with Crippen LogP contribution in [0.1, 0.15) is 17.8 Å². The van der Waals surface area contributed by atoms with Crippen LogP contribution in [0.3, 0.4) is 0 Å². The van der Waals surface area contributed by atoms with E-state index in [1.54, 1.807) is 22.7 Å². The van der Waals surface area contributed by atoms with Crippen LogP contribution in [0.4, 0.5) is 13.2 Å². The molecule has 29 heavy (non-hydrogen) atoms. The van der Waals surface area contributed by atoms with Gasteiger partial charge in [-0.3, -0.25) is 9.78 Å². The van der Waals surface area contributed by atoms with Gasteiger partial charge >= 0.3 is 0 Å². The Bertz CT molecular complexity index is 1220.